The lowest BCUT2D eigenvalue weighted by Gasteiger charge is -2.37. The number of phenols is 1. The van der Waals surface area contributed by atoms with Crippen molar-refractivity contribution in [3.63, 3.8) is 0 Å². The molecule has 5 heteroatoms. The third-order valence-corrected chi connectivity index (χ3v) is 3.70. The van der Waals surface area contributed by atoms with E-state index in [4.69, 9.17) is 28.6 Å². The van der Waals surface area contributed by atoms with Crippen LogP contribution in [0, 0.1) is 0 Å². The van der Waals surface area contributed by atoms with Gasteiger partial charge in [-0.2, -0.15) is 0 Å². The molecule has 3 nitrogen and oxygen atoms in total. The Bertz CT molecular complexity index is 456. The smallest absolute Gasteiger partial charge is 0.134 e. The standard InChI is InChI=1S/C13H16ClNO2S/c1-8-6-15(7-9(2)17-8)13(18)10-3-4-12(16)11(14)5-10/h3-5,8-9,16H,6-7H2,1-2H3/t8-,9-/m0/s1. The molecule has 1 heterocycles. The Hall–Kier alpha value is -0.840. The highest BCUT2D eigenvalue weighted by Crippen LogP contribution is 2.25. The molecule has 1 fully saturated rings. The van der Waals surface area contributed by atoms with Crippen molar-refractivity contribution in [2.75, 3.05) is 13.1 Å². The molecule has 2 atom stereocenters. The molecule has 0 aromatic heterocycles. The predicted octanol–water partition coefficient (Wildman–Crippen LogP) is 2.83. The van der Waals surface area contributed by atoms with Crippen molar-refractivity contribution in [2.24, 2.45) is 0 Å². The molecular formula is C13H16ClNO2S. The number of hydrogen-bond acceptors (Lipinski definition) is 3. The summed E-state index contributed by atoms with van der Waals surface area (Å²) in [5.41, 5.74) is 0.856. The van der Waals surface area contributed by atoms with Crippen LogP contribution in [0.5, 0.6) is 5.75 Å². The van der Waals surface area contributed by atoms with E-state index in [1.165, 1.54) is 0 Å². The highest BCUT2D eigenvalue weighted by molar-refractivity contribution is 7.80. The molecule has 0 spiro atoms. The zero-order chi connectivity index (χ0) is 13.3. The first-order valence-electron chi connectivity index (χ1n) is 5.90. The molecule has 1 N–H and O–H groups in total. The van der Waals surface area contributed by atoms with Gasteiger partial charge in [0.05, 0.1) is 17.2 Å². The summed E-state index contributed by atoms with van der Waals surface area (Å²) in [7, 11) is 0. The zero-order valence-corrected chi connectivity index (χ0v) is 12.0. The van der Waals surface area contributed by atoms with Gasteiger partial charge in [-0.15, -0.1) is 0 Å². The van der Waals surface area contributed by atoms with Crippen molar-refractivity contribution in [3.05, 3.63) is 28.8 Å². The van der Waals surface area contributed by atoms with Crippen LogP contribution < -0.4 is 0 Å². The molecule has 1 aromatic carbocycles. The summed E-state index contributed by atoms with van der Waals surface area (Å²) >= 11 is 11.4. The Labute approximate surface area is 117 Å². The summed E-state index contributed by atoms with van der Waals surface area (Å²) in [6, 6.07) is 5.05. The van der Waals surface area contributed by atoms with E-state index in [2.05, 4.69) is 4.90 Å². The first-order chi connectivity index (χ1) is 8.47. The van der Waals surface area contributed by atoms with Crippen LogP contribution in [0.25, 0.3) is 0 Å². The van der Waals surface area contributed by atoms with Gasteiger partial charge in [-0.05, 0) is 32.0 Å². The molecule has 2 rings (SSSR count). The number of thiocarbonyl (C=S) groups is 1. The maximum Gasteiger partial charge on any atom is 0.134 e. The number of rotatable bonds is 1. The first-order valence-corrected chi connectivity index (χ1v) is 6.69. The van der Waals surface area contributed by atoms with Crippen LogP contribution in [0.2, 0.25) is 5.02 Å². The van der Waals surface area contributed by atoms with Crippen LogP contribution in [0.1, 0.15) is 19.4 Å². The zero-order valence-electron chi connectivity index (χ0n) is 10.4. The van der Waals surface area contributed by atoms with Gasteiger partial charge in [0.15, 0.2) is 0 Å². The molecule has 1 saturated heterocycles. The minimum absolute atomic E-state index is 0.0759. The van der Waals surface area contributed by atoms with Crippen molar-refractivity contribution in [3.8, 4) is 5.75 Å². The van der Waals surface area contributed by atoms with E-state index >= 15 is 0 Å². The van der Waals surface area contributed by atoms with Crippen LogP contribution in [-0.2, 0) is 4.74 Å². The number of ether oxygens (including phenoxy) is 1. The molecule has 98 valence electrons. The second kappa shape index (κ2) is 5.43. The average molecular weight is 286 g/mol. The number of nitrogens with zero attached hydrogens (tertiary/aromatic N) is 1. The topological polar surface area (TPSA) is 32.7 Å². The van der Waals surface area contributed by atoms with Gasteiger partial charge in [-0.1, -0.05) is 23.8 Å². The van der Waals surface area contributed by atoms with Gasteiger partial charge in [0, 0.05) is 18.7 Å². The molecule has 1 aliphatic rings. The molecule has 0 amide bonds. The lowest BCUT2D eigenvalue weighted by molar-refractivity contribution is -0.0472. The maximum absolute atomic E-state index is 9.41. The van der Waals surface area contributed by atoms with Crippen LogP contribution in [0.4, 0.5) is 0 Å². The van der Waals surface area contributed by atoms with Crippen LogP contribution >= 0.6 is 23.8 Å². The Morgan fingerprint density at radius 2 is 2.00 bits per heavy atom. The fourth-order valence-electron chi connectivity index (χ4n) is 2.17. The second-order valence-corrected chi connectivity index (χ2v) is 5.43. The summed E-state index contributed by atoms with van der Waals surface area (Å²) in [6.45, 7) is 5.63. The molecule has 0 aliphatic carbocycles. The minimum atomic E-state index is 0.0759. The van der Waals surface area contributed by atoms with E-state index in [9.17, 15) is 5.11 Å². The van der Waals surface area contributed by atoms with Gasteiger partial charge in [-0.3, -0.25) is 0 Å². The molecule has 1 aliphatic heterocycles. The highest BCUT2D eigenvalue weighted by atomic mass is 35.5. The van der Waals surface area contributed by atoms with E-state index < -0.39 is 0 Å². The van der Waals surface area contributed by atoms with Crippen LogP contribution in [0.3, 0.4) is 0 Å². The Morgan fingerprint density at radius 3 is 2.56 bits per heavy atom. The van der Waals surface area contributed by atoms with Crippen molar-refractivity contribution in [1.82, 2.24) is 4.90 Å². The SMILES string of the molecule is C[C@H]1CN(C(=S)c2ccc(O)c(Cl)c2)C[C@H](C)O1. The Kier molecular flexibility index (Phi) is 4.10. The van der Waals surface area contributed by atoms with Crippen molar-refractivity contribution in [1.29, 1.82) is 0 Å². The van der Waals surface area contributed by atoms with Crippen molar-refractivity contribution in [2.45, 2.75) is 26.1 Å². The van der Waals surface area contributed by atoms with Gasteiger partial charge in [0.1, 0.15) is 10.7 Å². The molecular weight excluding hydrogens is 270 g/mol. The van der Waals surface area contributed by atoms with Crippen LogP contribution in [0.15, 0.2) is 18.2 Å². The molecule has 0 radical (unpaired) electrons. The Balaban J connectivity index is 2.17. The van der Waals surface area contributed by atoms with E-state index in [0.29, 0.717) is 5.02 Å². The number of morpholine rings is 1. The summed E-state index contributed by atoms with van der Waals surface area (Å²) < 4.78 is 5.68. The Morgan fingerprint density at radius 1 is 1.39 bits per heavy atom. The molecule has 18 heavy (non-hydrogen) atoms. The average Bonchev–Trinajstić information content (AvgIpc) is 2.30. The second-order valence-electron chi connectivity index (χ2n) is 4.63. The molecule has 0 bridgehead atoms. The van der Waals surface area contributed by atoms with Gasteiger partial charge in [0.25, 0.3) is 0 Å². The normalized spacial score (nSPS) is 24.1. The van der Waals surface area contributed by atoms with Gasteiger partial charge >= 0.3 is 0 Å². The first kappa shape index (κ1) is 13.6. The van der Waals surface area contributed by atoms with Gasteiger partial charge < -0.3 is 14.7 Å². The summed E-state index contributed by atoms with van der Waals surface area (Å²) in [6.07, 6.45) is 0.332. The predicted molar refractivity (Wildman–Crippen MR) is 76.4 cm³/mol. The summed E-state index contributed by atoms with van der Waals surface area (Å²) in [4.78, 5) is 2.87. The molecule has 0 unspecified atom stereocenters. The highest BCUT2D eigenvalue weighted by Gasteiger charge is 2.24. The van der Waals surface area contributed by atoms with E-state index in [1.54, 1.807) is 18.2 Å². The van der Waals surface area contributed by atoms with E-state index in [-0.39, 0.29) is 18.0 Å². The quantitative estimate of drug-likeness (QED) is 0.805. The van der Waals surface area contributed by atoms with Crippen LogP contribution in [-0.4, -0.2) is 40.3 Å². The number of phenolic OH excluding ortho intramolecular Hbond substituents is 1. The van der Waals surface area contributed by atoms with Crippen molar-refractivity contribution >= 4 is 28.8 Å². The minimum Gasteiger partial charge on any atom is -0.506 e. The monoisotopic (exact) mass is 285 g/mol. The van der Waals surface area contributed by atoms with Gasteiger partial charge in [-0.25, -0.2) is 0 Å². The lowest BCUT2D eigenvalue weighted by Crippen LogP contribution is -2.47. The van der Waals surface area contributed by atoms with E-state index in [0.717, 1.165) is 23.6 Å². The number of hydrogen-bond donors (Lipinski definition) is 1. The van der Waals surface area contributed by atoms with E-state index in [1.807, 2.05) is 13.8 Å². The number of halogens is 1. The molecule has 0 saturated carbocycles. The molecule has 1 aromatic rings. The maximum atomic E-state index is 9.41. The fourth-order valence-corrected chi connectivity index (χ4v) is 2.62. The third-order valence-electron chi connectivity index (χ3n) is 2.90. The van der Waals surface area contributed by atoms with Gasteiger partial charge in [0.2, 0.25) is 0 Å². The summed E-state index contributed by atoms with van der Waals surface area (Å²) in [5.74, 6) is 0.0759. The fraction of sp³-hybridized carbons (Fsp3) is 0.462. The number of benzene rings is 1. The largest absolute Gasteiger partial charge is 0.506 e. The lowest BCUT2D eigenvalue weighted by atomic mass is 10.1. The number of aromatic hydroxyl groups is 1. The van der Waals surface area contributed by atoms with Crippen molar-refractivity contribution < 1.29 is 9.84 Å². The summed E-state index contributed by atoms with van der Waals surface area (Å²) in [5, 5.41) is 9.73. The third kappa shape index (κ3) is 2.94.